The van der Waals surface area contributed by atoms with E-state index in [1.807, 2.05) is 42.9 Å². The quantitative estimate of drug-likeness (QED) is 0.761. The van der Waals surface area contributed by atoms with E-state index in [1.54, 1.807) is 0 Å². The van der Waals surface area contributed by atoms with Gasteiger partial charge in [-0.3, -0.25) is 0 Å². The Morgan fingerprint density at radius 3 is 2.48 bits per heavy atom. The molecule has 0 unspecified atom stereocenters. The molecule has 0 radical (unpaired) electrons. The second kappa shape index (κ2) is 6.80. The van der Waals surface area contributed by atoms with Crippen LogP contribution in [0.15, 0.2) is 24.3 Å². The molecule has 0 N–H and O–H groups in total. The molecule has 0 spiro atoms. The van der Waals surface area contributed by atoms with Crippen LogP contribution >= 0.6 is 0 Å². The molecule has 0 aliphatic heterocycles. The molecule has 0 atom stereocenters. The van der Waals surface area contributed by atoms with Crippen LogP contribution in [0.25, 0.3) is 0 Å². The molecule has 1 aromatic carbocycles. The Morgan fingerprint density at radius 1 is 1.24 bits per heavy atom. The summed E-state index contributed by atoms with van der Waals surface area (Å²) in [6.07, 6.45) is 6.05. The summed E-state index contributed by atoms with van der Waals surface area (Å²) in [5.41, 5.74) is 1.09. The van der Waals surface area contributed by atoms with Gasteiger partial charge in [0, 0.05) is 26.2 Å². The van der Waals surface area contributed by atoms with E-state index >= 15 is 0 Å². The Balaban J connectivity index is 2.04. The Bertz CT molecular complexity index is 625. The lowest BCUT2D eigenvalue weighted by atomic mass is 10.3. The van der Waals surface area contributed by atoms with E-state index in [0.29, 0.717) is 6.54 Å². The molecule has 5 nitrogen and oxygen atoms in total. The molecule has 0 saturated heterocycles. The molecule has 21 heavy (non-hydrogen) atoms. The van der Waals surface area contributed by atoms with Gasteiger partial charge in [-0.25, -0.2) is 0 Å². The maximum absolute atomic E-state index is 5.36. The van der Waals surface area contributed by atoms with Gasteiger partial charge in [-0.1, -0.05) is 12.8 Å². The zero-order valence-corrected chi connectivity index (χ0v) is 12.7. The minimum Gasteiger partial charge on any atom is -0.481 e. The maximum atomic E-state index is 5.36. The van der Waals surface area contributed by atoms with E-state index in [0.717, 1.165) is 29.5 Å². The highest BCUT2D eigenvalue weighted by atomic mass is 16.5. The van der Waals surface area contributed by atoms with Crippen LogP contribution in [0.5, 0.6) is 5.75 Å². The Hall–Kier alpha value is -2.48. The van der Waals surface area contributed by atoms with Gasteiger partial charge in [-0.15, -0.1) is 16.6 Å². The first-order chi connectivity index (χ1) is 10.2. The molecule has 5 heteroatoms. The van der Waals surface area contributed by atoms with Crippen LogP contribution in [0.4, 0.5) is 5.69 Å². The fraction of sp³-hybridized carbons (Fsp3) is 0.375. The lowest BCUT2D eigenvalue weighted by Crippen LogP contribution is -2.19. The van der Waals surface area contributed by atoms with Crippen LogP contribution in [0.1, 0.15) is 18.6 Å². The van der Waals surface area contributed by atoms with Gasteiger partial charge in [-0.05, 0) is 24.3 Å². The van der Waals surface area contributed by atoms with Crippen LogP contribution in [0.2, 0.25) is 0 Å². The number of aryl methyl sites for hydroxylation is 1. The molecule has 0 aliphatic carbocycles. The molecule has 0 bridgehead atoms. The summed E-state index contributed by atoms with van der Waals surface area (Å²) in [5.74, 6) is 5.17. The number of ether oxygens (including phenoxy) is 1. The Labute approximate surface area is 125 Å². The number of anilines is 1. The average Bonchev–Trinajstić information content (AvgIpc) is 2.86. The first-order valence-corrected chi connectivity index (χ1v) is 6.90. The van der Waals surface area contributed by atoms with Gasteiger partial charge in [0.05, 0.1) is 6.54 Å². The standard InChI is InChI=1S/C16H20N4O/c1-5-11-21-14-9-7-13(8-10-14)19(3)12-16-18-17-15(6-2)20(16)4/h1,7-10H,6,11-12H2,2-4H3. The van der Waals surface area contributed by atoms with Gasteiger partial charge < -0.3 is 14.2 Å². The van der Waals surface area contributed by atoms with Crippen molar-refractivity contribution in [1.29, 1.82) is 0 Å². The molecule has 1 aromatic heterocycles. The fourth-order valence-corrected chi connectivity index (χ4v) is 2.07. The minimum atomic E-state index is 0.286. The number of hydrogen-bond donors (Lipinski definition) is 0. The molecule has 0 saturated carbocycles. The largest absolute Gasteiger partial charge is 0.481 e. The SMILES string of the molecule is C#CCOc1ccc(N(C)Cc2nnc(CC)n2C)cc1. The van der Waals surface area contributed by atoms with Crippen molar-refractivity contribution >= 4 is 5.69 Å². The third-order valence-corrected chi connectivity index (χ3v) is 3.35. The molecular formula is C16H20N4O. The highest BCUT2D eigenvalue weighted by molar-refractivity contribution is 5.48. The second-order valence-corrected chi connectivity index (χ2v) is 4.79. The van der Waals surface area contributed by atoms with Gasteiger partial charge in [0.2, 0.25) is 0 Å². The van der Waals surface area contributed by atoms with Gasteiger partial charge >= 0.3 is 0 Å². The molecule has 110 valence electrons. The summed E-state index contributed by atoms with van der Waals surface area (Å²) >= 11 is 0. The fourth-order valence-electron chi connectivity index (χ4n) is 2.07. The summed E-state index contributed by atoms with van der Waals surface area (Å²) in [5, 5.41) is 8.41. The normalized spacial score (nSPS) is 10.2. The van der Waals surface area contributed by atoms with E-state index < -0.39 is 0 Å². The van der Waals surface area contributed by atoms with Crippen molar-refractivity contribution in [2.24, 2.45) is 7.05 Å². The van der Waals surface area contributed by atoms with E-state index in [1.165, 1.54) is 0 Å². The van der Waals surface area contributed by atoms with Gasteiger partial charge in [0.1, 0.15) is 18.2 Å². The van der Waals surface area contributed by atoms with Crippen molar-refractivity contribution < 1.29 is 4.74 Å². The topological polar surface area (TPSA) is 43.2 Å². The highest BCUT2D eigenvalue weighted by Crippen LogP contribution is 2.19. The van der Waals surface area contributed by atoms with E-state index in [2.05, 4.69) is 27.9 Å². The van der Waals surface area contributed by atoms with Crippen LogP contribution < -0.4 is 9.64 Å². The van der Waals surface area contributed by atoms with E-state index in [4.69, 9.17) is 11.2 Å². The smallest absolute Gasteiger partial charge is 0.152 e. The van der Waals surface area contributed by atoms with Gasteiger partial charge in [-0.2, -0.15) is 0 Å². The zero-order chi connectivity index (χ0) is 15.2. The Kier molecular flexibility index (Phi) is 4.83. The molecule has 0 aliphatic rings. The lowest BCUT2D eigenvalue weighted by Gasteiger charge is -2.19. The summed E-state index contributed by atoms with van der Waals surface area (Å²) in [4.78, 5) is 2.12. The first-order valence-electron chi connectivity index (χ1n) is 6.90. The molecular weight excluding hydrogens is 264 g/mol. The number of benzene rings is 1. The number of nitrogens with zero attached hydrogens (tertiary/aromatic N) is 4. The average molecular weight is 284 g/mol. The summed E-state index contributed by atoms with van der Waals surface area (Å²) in [7, 11) is 4.02. The lowest BCUT2D eigenvalue weighted by molar-refractivity contribution is 0.370. The van der Waals surface area contributed by atoms with Crippen molar-refractivity contribution in [3.05, 3.63) is 35.9 Å². The Morgan fingerprint density at radius 2 is 1.90 bits per heavy atom. The van der Waals surface area contributed by atoms with Gasteiger partial charge in [0.15, 0.2) is 5.82 Å². The first kappa shape index (κ1) is 14.9. The van der Waals surface area contributed by atoms with Gasteiger partial charge in [0.25, 0.3) is 0 Å². The summed E-state index contributed by atoms with van der Waals surface area (Å²) in [6, 6.07) is 7.83. The van der Waals surface area contributed by atoms with Crippen molar-refractivity contribution in [3.8, 4) is 18.1 Å². The minimum absolute atomic E-state index is 0.286. The van der Waals surface area contributed by atoms with Crippen molar-refractivity contribution in [2.75, 3.05) is 18.6 Å². The maximum Gasteiger partial charge on any atom is 0.152 e. The molecule has 0 fully saturated rings. The van der Waals surface area contributed by atoms with Crippen LogP contribution in [0.3, 0.4) is 0 Å². The monoisotopic (exact) mass is 284 g/mol. The van der Waals surface area contributed by atoms with Crippen LogP contribution in [-0.2, 0) is 20.0 Å². The van der Waals surface area contributed by atoms with Crippen molar-refractivity contribution in [1.82, 2.24) is 14.8 Å². The number of rotatable bonds is 6. The van der Waals surface area contributed by atoms with Crippen molar-refractivity contribution in [2.45, 2.75) is 19.9 Å². The third kappa shape index (κ3) is 3.54. The number of hydrogen-bond acceptors (Lipinski definition) is 4. The van der Waals surface area contributed by atoms with Crippen molar-refractivity contribution in [3.63, 3.8) is 0 Å². The summed E-state index contributed by atoms with van der Waals surface area (Å²) in [6.45, 7) is 3.06. The number of terminal acetylenes is 1. The van der Waals surface area contributed by atoms with E-state index in [-0.39, 0.29) is 6.61 Å². The third-order valence-electron chi connectivity index (χ3n) is 3.35. The molecule has 1 heterocycles. The summed E-state index contributed by atoms with van der Waals surface area (Å²) < 4.78 is 7.41. The van der Waals surface area contributed by atoms with Crippen LogP contribution in [0, 0.1) is 12.3 Å². The zero-order valence-electron chi connectivity index (χ0n) is 12.7. The van der Waals surface area contributed by atoms with E-state index in [9.17, 15) is 0 Å². The molecule has 0 amide bonds. The molecule has 2 rings (SSSR count). The predicted octanol–water partition coefficient (Wildman–Crippen LogP) is 2.03. The number of aromatic nitrogens is 3. The van der Waals surface area contributed by atoms with Crippen LogP contribution in [-0.4, -0.2) is 28.4 Å². The predicted molar refractivity (Wildman–Crippen MR) is 83.3 cm³/mol. The molecule has 2 aromatic rings. The second-order valence-electron chi connectivity index (χ2n) is 4.79. The highest BCUT2D eigenvalue weighted by Gasteiger charge is 2.10.